The topological polar surface area (TPSA) is 76.2 Å². The maximum atomic E-state index is 10.5. The maximum absolute atomic E-state index is 10.5. The normalized spacial score (nSPS) is 12.5. The van der Waals surface area contributed by atoms with Gasteiger partial charge >= 0.3 is 5.97 Å². The Morgan fingerprint density at radius 3 is 3.11 bits per heavy atom. The molecule has 2 aromatic rings. The molecule has 0 aliphatic carbocycles. The third kappa shape index (κ3) is 3.58. The summed E-state index contributed by atoms with van der Waals surface area (Å²) < 4.78 is 5.51. The number of thioether (sulfide) groups is 1. The summed E-state index contributed by atoms with van der Waals surface area (Å²) in [5, 5.41) is 19.1. The molecule has 96 valence electrons. The first kappa shape index (κ1) is 13.1. The Bertz CT molecular complexity index is 510. The fourth-order valence-corrected chi connectivity index (χ4v) is 2.75. The molecule has 18 heavy (non-hydrogen) atoms. The van der Waals surface area contributed by atoms with Gasteiger partial charge in [0.15, 0.2) is 0 Å². The monoisotopic (exact) mass is 284 g/mol. The van der Waals surface area contributed by atoms with E-state index in [9.17, 15) is 4.79 Å². The molecule has 0 amide bonds. The molecule has 0 aliphatic heterocycles. The van der Waals surface area contributed by atoms with E-state index in [1.807, 2.05) is 24.4 Å². The lowest BCUT2D eigenvalue weighted by Crippen LogP contribution is -2.02. The molecule has 0 aromatic carbocycles. The molecular formula is C11H12N2O3S2. The number of carboxylic acids is 1. The van der Waals surface area contributed by atoms with E-state index in [1.165, 1.54) is 23.1 Å². The molecule has 2 aromatic heterocycles. The van der Waals surface area contributed by atoms with Crippen LogP contribution >= 0.6 is 23.1 Å². The zero-order valence-corrected chi connectivity index (χ0v) is 11.3. The van der Waals surface area contributed by atoms with E-state index < -0.39 is 5.97 Å². The smallest absolute Gasteiger partial charge is 0.303 e. The van der Waals surface area contributed by atoms with E-state index in [0.29, 0.717) is 17.5 Å². The van der Waals surface area contributed by atoms with Gasteiger partial charge in [-0.1, -0.05) is 24.8 Å². The number of aliphatic carboxylic acids is 1. The highest BCUT2D eigenvalue weighted by Crippen LogP contribution is 2.29. The first-order chi connectivity index (χ1) is 8.65. The van der Waals surface area contributed by atoms with Gasteiger partial charge < -0.3 is 9.52 Å². The molecule has 0 aliphatic rings. The van der Waals surface area contributed by atoms with Crippen molar-refractivity contribution in [2.75, 3.05) is 0 Å². The average Bonchev–Trinajstić information content (AvgIpc) is 2.95. The summed E-state index contributed by atoms with van der Waals surface area (Å²) in [5.74, 6) is -0.273. The third-order valence-corrected chi connectivity index (χ3v) is 4.07. The summed E-state index contributed by atoms with van der Waals surface area (Å²) in [7, 11) is 0. The van der Waals surface area contributed by atoms with Crippen LogP contribution in [0.15, 0.2) is 27.2 Å². The number of hydrogen-bond donors (Lipinski definition) is 1. The third-order valence-electron chi connectivity index (χ3n) is 2.21. The summed E-state index contributed by atoms with van der Waals surface area (Å²) in [6.07, 6.45) is 0.733. The minimum atomic E-state index is -0.785. The van der Waals surface area contributed by atoms with E-state index in [2.05, 4.69) is 10.2 Å². The molecule has 0 bridgehead atoms. The Morgan fingerprint density at radius 1 is 1.61 bits per heavy atom. The zero-order valence-electron chi connectivity index (χ0n) is 9.70. The van der Waals surface area contributed by atoms with E-state index in [4.69, 9.17) is 9.52 Å². The minimum absolute atomic E-state index is 0.137. The van der Waals surface area contributed by atoms with Gasteiger partial charge in [0.25, 0.3) is 11.1 Å². The fraction of sp³-hybridized carbons (Fsp3) is 0.364. The molecule has 0 spiro atoms. The quantitative estimate of drug-likeness (QED) is 0.821. The first-order valence-corrected chi connectivity index (χ1v) is 7.17. The molecule has 7 heteroatoms. The largest absolute Gasteiger partial charge is 0.481 e. The Labute approximate surface area is 112 Å². The van der Waals surface area contributed by atoms with Crippen LogP contribution in [-0.4, -0.2) is 26.5 Å². The minimum Gasteiger partial charge on any atom is -0.481 e. The molecule has 1 N–H and O–H groups in total. The second-order valence-electron chi connectivity index (χ2n) is 3.71. The molecular weight excluding hydrogens is 272 g/mol. The number of hydrogen-bond acceptors (Lipinski definition) is 6. The SMILES string of the molecule is CC(CCC(=O)O)Sc1nnc(-c2cccs2)o1. The number of thiophene rings is 1. The van der Waals surface area contributed by atoms with Gasteiger partial charge in [-0.25, -0.2) is 0 Å². The molecule has 2 rings (SSSR count). The van der Waals surface area contributed by atoms with E-state index in [-0.39, 0.29) is 11.7 Å². The van der Waals surface area contributed by atoms with Crippen LogP contribution in [0, 0.1) is 0 Å². The average molecular weight is 284 g/mol. The fourth-order valence-electron chi connectivity index (χ4n) is 1.31. The van der Waals surface area contributed by atoms with Crippen molar-refractivity contribution in [3.63, 3.8) is 0 Å². The summed E-state index contributed by atoms with van der Waals surface area (Å²) in [4.78, 5) is 11.4. The summed E-state index contributed by atoms with van der Waals surface area (Å²) in [6, 6.07) is 3.84. The van der Waals surface area contributed by atoms with Crippen LogP contribution in [0.25, 0.3) is 10.8 Å². The lowest BCUT2D eigenvalue weighted by Gasteiger charge is -2.04. The van der Waals surface area contributed by atoms with Crippen molar-refractivity contribution in [1.29, 1.82) is 0 Å². The van der Waals surface area contributed by atoms with Crippen molar-refractivity contribution in [3.8, 4) is 10.8 Å². The first-order valence-electron chi connectivity index (χ1n) is 5.41. The molecule has 0 fully saturated rings. The summed E-state index contributed by atoms with van der Waals surface area (Å²) in [5.41, 5.74) is 0. The van der Waals surface area contributed by atoms with Crippen molar-refractivity contribution < 1.29 is 14.3 Å². The number of aromatic nitrogens is 2. The number of carboxylic acid groups (broad SMARTS) is 1. The highest BCUT2D eigenvalue weighted by molar-refractivity contribution is 7.99. The molecule has 2 heterocycles. The van der Waals surface area contributed by atoms with E-state index in [1.54, 1.807) is 0 Å². The van der Waals surface area contributed by atoms with Crippen LogP contribution in [0.1, 0.15) is 19.8 Å². The van der Waals surface area contributed by atoms with Crippen LogP contribution in [0.3, 0.4) is 0 Å². The number of carbonyl (C=O) groups is 1. The van der Waals surface area contributed by atoms with Crippen molar-refractivity contribution in [1.82, 2.24) is 10.2 Å². The zero-order chi connectivity index (χ0) is 13.0. The van der Waals surface area contributed by atoms with Gasteiger partial charge in [-0.05, 0) is 17.9 Å². The highest BCUT2D eigenvalue weighted by Gasteiger charge is 2.14. The molecule has 1 atom stereocenters. The Balaban J connectivity index is 1.92. The van der Waals surface area contributed by atoms with E-state index >= 15 is 0 Å². The lowest BCUT2D eigenvalue weighted by atomic mass is 10.2. The number of nitrogens with zero attached hydrogens (tertiary/aromatic N) is 2. The molecule has 0 saturated heterocycles. The maximum Gasteiger partial charge on any atom is 0.303 e. The van der Waals surface area contributed by atoms with Crippen molar-refractivity contribution in [2.24, 2.45) is 0 Å². The van der Waals surface area contributed by atoms with E-state index in [0.717, 1.165) is 4.88 Å². The summed E-state index contributed by atoms with van der Waals surface area (Å²) >= 11 is 2.94. The molecule has 5 nitrogen and oxygen atoms in total. The second kappa shape index (κ2) is 6.01. The van der Waals surface area contributed by atoms with Crippen LogP contribution < -0.4 is 0 Å². The summed E-state index contributed by atoms with van der Waals surface area (Å²) in [6.45, 7) is 1.95. The van der Waals surface area contributed by atoms with Crippen LogP contribution in [0.4, 0.5) is 0 Å². The highest BCUT2D eigenvalue weighted by atomic mass is 32.2. The van der Waals surface area contributed by atoms with Gasteiger partial charge in [-0.3, -0.25) is 4.79 Å². The van der Waals surface area contributed by atoms with Crippen LogP contribution in [-0.2, 0) is 4.79 Å². The lowest BCUT2D eigenvalue weighted by molar-refractivity contribution is -0.137. The number of rotatable bonds is 6. The Morgan fingerprint density at radius 2 is 2.44 bits per heavy atom. The Hall–Kier alpha value is -1.34. The van der Waals surface area contributed by atoms with Crippen LogP contribution in [0.2, 0.25) is 0 Å². The predicted molar refractivity (Wildman–Crippen MR) is 69.8 cm³/mol. The second-order valence-corrected chi connectivity index (χ2v) is 6.05. The predicted octanol–water partition coefficient (Wildman–Crippen LogP) is 3.14. The van der Waals surface area contributed by atoms with Gasteiger partial charge in [-0.15, -0.1) is 21.5 Å². The van der Waals surface area contributed by atoms with Crippen molar-refractivity contribution in [3.05, 3.63) is 17.5 Å². The molecule has 0 saturated carbocycles. The Kier molecular flexibility index (Phi) is 4.38. The standard InChI is InChI=1S/C11H12N2O3S2/c1-7(4-5-9(14)15)18-11-13-12-10(16-11)8-3-2-6-17-8/h2-3,6-7H,4-5H2,1H3,(H,14,15). The van der Waals surface area contributed by atoms with Gasteiger partial charge in [0, 0.05) is 11.7 Å². The molecule has 1 unspecified atom stereocenters. The van der Waals surface area contributed by atoms with Crippen molar-refractivity contribution in [2.45, 2.75) is 30.2 Å². The van der Waals surface area contributed by atoms with Gasteiger partial charge in [-0.2, -0.15) is 0 Å². The van der Waals surface area contributed by atoms with Gasteiger partial charge in [0.05, 0.1) is 4.88 Å². The van der Waals surface area contributed by atoms with Crippen molar-refractivity contribution >= 4 is 29.1 Å². The van der Waals surface area contributed by atoms with Crippen LogP contribution in [0.5, 0.6) is 0 Å². The van der Waals surface area contributed by atoms with Gasteiger partial charge in [0.2, 0.25) is 0 Å². The van der Waals surface area contributed by atoms with Gasteiger partial charge in [0.1, 0.15) is 0 Å². The molecule has 0 radical (unpaired) electrons.